The molecule has 0 heterocycles. The minimum absolute atomic E-state index is 0.0467. The van der Waals surface area contributed by atoms with Crippen LogP contribution in [0.1, 0.15) is 15.9 Å². The molecule has 23 heavy (non-hydrogen) atoms. The Morgan fingerprint density at radius 3 is 2.61 bits per heavy atom. The van der Waals surface area contributed by atoms with Crippen LogP contribution >= 0.6 is 15.9 Å². The molecular weight excluding hydrogens is 373 g/mol. The molecular formula is C14H9BrFN3O4. The molecule has 2 rings (SSSR count). The zero-order chi connectivity index (χ0) is 17.0. The summed E-state index contributed by atoms with van der Waals surface area (Å²) < 4.78 is 13.1. The van der Waals surface area contributed by atoms with E-state index < -0.39 is 28.1 Å². The van der Waals surface area contributed by atoms with Crippen molar-refractivity contribution in [2.24, 2.45) is 5.10 Å². The fraction of sp³-hybridized carbons (Fsp3) is 0. The van der Waals surface area contributed by atoms with Gasteiger partial charge in [-0.15, -0.1) is 0 Å². The SMILES string of the molecule is O=C(NN=Cc1cc(Br)cc([N+](=O)[O-])c1O)c1ccc(F)cc1. The first-order chi connectivity index (χ1) is 10.9. The van der Waals surface area contributed by atoms with Crippen molar-refractivity contribution in [2.75, 3.05) is 0 Å². The topological polar surface area (TPSA) is 105 Å². The van der Waals surface area contributed by atoms with Crippen LogP contribution < -0.4 is 5.43 Å². The largest absolute Gasteiger partial charge is 0.502 e. The maximum Gasteiger partial charge on any atom is 0.312 e. The molecule has 0 radical (unpaired) electrons. The molecule has 0 saturated carbocycles. The van der Waals surface area contributed by atoms with Gasteiger partial charge in [0.2, 0.25) is 5.75 Å². The number of carbonyl (C=O) groups is 1. The van der Waals surface area contributed by atoms with Crippen LogP contribution in [-0.4, -0.2) is 22.2 Å². The Bertz CT molecular complexity index is 793. The zero-order valence-corrected chi connectivity index (χ0v) is 12.9. The number of halogens is 2. The van der Waals surface area contributed by atoms with E-state index in [1.165, 1.54) is 18.2 Å². The van der Waals surface area contributed by atoms with Crippen molar-refractivity contribution in [3.8, 4) is 5.75 Å². The summed E-state index contributed by atoms with van der Waals surface area (Å²) in [5.74, 6) is -1.64. The Balaban J connectivity index is 2.16. The summed E-state index contributed by atoms with van der Waals surface area (Å²) in [6, 6.07) is 7.35. The van der Waals surface area contributed by atoms with Crippen molar-refractivity contribution in [1.29, 1.82) is 0 Å². The van der Waals surface area contributed by atoms with Crippen LogP contribution in [0.5, 0.6) is 5.75 Å². The standard InChI is InChI=1S/C14H9BrFN3O4/c15-10-5-9(13(20)12(6-10)19(22)23)7-17-18-14(21)8-1-3-11(16)4-2-8/h1-7,20H,(H,18,21). The number of benzene rings is 2. The van der Waals surface area contributed by atoms with Crippen LogP contribution in [0.25, 0.3) is 0 Å². The summed E-state index contributed by atoms with van der Waals surface area (Å²) in [5.41, 5.74) is 1.91. The van der Waals surface area contributed by atoms with E-state index in [0.29, 0.717) is 4.47 Å². The third-order valence-electron chi connectivity index (χ3n) is 2.76. The molecule has 1 amide bonds. The van der Waals surface area contributed by atoms with Crippen molar-refractivity contribution in [2.45, 2.75) is 0 Å². The molecule has 7 nitrogen and oxygen atoms in total. The van der Waals surface area contributed by atoms with Crippen LogP contribution in [0.3, 0.4) is 0 Å². The molecule has 9 heteroatoms. The average molecular weight is 382 g/mol. The number of amides is 1. The Labute approximate surface area is 137 Å². The second-order valence-electron chi connectivity index (χ2n) is 4.33. The number of hydrogen-bond donors (Lipinski definition) is 2. The molecule has 0 aliphatic heterocycles. The van der Waals surface area contributed by atoms with Crippen LogP contribution in [0.2, 0.25) is 0 Å². The quantitative estimate of drug-likeness (QED) is 0.482. The van der Waals surface area contributed by atoms with Gasteiger partial charge in [0.1, 0.15) is 5.82 Å². The van der Waals surface area contributed by atoms with Crippen LogP contribution in [0.4, 0.5) is 10.1 Å². The van der Waals surface area contributed by atoms with Gasteiger partial charge in [0.25, 0.3) is 5.91 Å². The van der Waals surface area contributed by atoms with Crippen molar-refractivity contribution >= 4 is 33.7 Å². The van der Waals surface area contributed by atoms with Crippen molar-refractivity contribution in [3.63, 3.8) is 0 Å². The second-order valence-corrected chi connectivity index (χ2v) is 5.24. The molecule has 0 spiro atoms. The van der Waals surface area contributed by atoms with E-state index in [0.717, 1.165) is 24.4 Å². The first-order valence-corrected chi connectivity index (χ1v) is 6.93. The third-order valence-corrected chi connectivity index (χ3v) is 3.21. The highest BCUT2D eigenvalue weighted by atomic mass is 79.9. The highest BCUT2D eigenvalue weighted by molar-refractivity contribution is 9.10. The van der Waals surface area contributed by atoms with Gasteiger partial charge < -0.3 is 5.11 Å². The first-order valence-electron chi connectivity index (χ1n) is 6.14. The number of carbonyl (C=O) groups excluding carboxylic acids is 1. The number of nitro groups is 1. The number of phenolic OH excluding ortho intramolecular Hbond substituents is 1. The van der Waals surface area contributed by atoms with Crippen molar-refractivity contribution in [1.82, 2.24) is 5.43 Å². The number of nitrogens with one attached hydrogen (secondary N) is 1. The number of aromatic hydroxyl groups is 1. The minimum Gasteiger partial charge on any atom is -0.502 e. The lowest BCUT2D eigenvalue weighted by Crippen LogP contribution is -2.17. The Kier molecular flexibility index (Phi) is 5.02. The predicted octanol–water partition coefficient (Wildman–Crippen LogP) is 2.97. The molecule has 0 atom stereocenters. The van der Waals surface area contributed by atoms with Gasteiger partial charge in [-0.25, -0.2) is 9.82 Å². The Morgan fingerprint density at radius 2 is 2.00 bits per heavy atom. The predicted molar refractivity (Wildman–Crippen MR) is 83.9 cm³/mol. The molecule has 0 saturated heterocycles. The molecule has 0 unspecified atom stereocenters. The van der Waals surface area contributed by atoms with Gasteiger partial charge in [-0.2, -0.15) is 5.10 Å². The number of phenols is 1. The van der Waals surface area contributed by atoms with Crippen molar-refractivity contribution < 1.29 is 19.2 Å². The molecule has 0 aromatic heterocycles. The van der Waals surface area contributed by atoms with Gasteiger partial charge in [-0.05, 0) is 30.3 Å². The van der Waals surface area contributed by atoms with E-state index in [9.17, 15) is 24.4 Å². The Hall–Kier alpha value is -2.81. The van der Waals surface area contributed by atoms with E-state index in [4.69, 9.17) is 0 Å². The summed E-state index contributed by atoms with van der Waals surface area (Å²) in [5, 5.41) is 24.2. The molecule has 0 aliphatic rings. The van der Waals surface area contributed by atoms with Gasteiger partial charge in [-0.1, -0.05) is 15.9 Å². The van der Waals surface area contributed by atoms with Crippen LogP contribution in [-0.2, 0) is 0 Å². The van der Waals surface area contributed by atoms with Gasteiger partial charge >= 0.3 is 5.69 Å². The van der Waals surface area contributed by atoms with Crippen LogP contribution in [0.15, 0.2) is 46.0 Å². The summed E-state index contributed by atoms with van der Waals surface area (Å²) in [7, 11) is 0. The number of hydrogen-bond acceptors (Lipinski definition) is 5. The molecule has 2 N–H and O–H groups in total. The van der Waals surface area contributed by atoms with E-state index in [1.807, 2.05) is 0 Å². The monoisotopic (exact) mass is 381 g/mol. The first kappa shape index (κ1) is 16.6. The maximum absolute atomic E-state index is 12.8. The average Bonchev–Trinajstić information content (AvgIpc) is 2.50. The highest BCUT2D eigenvalue weighted by Crippen LogP contribution is 2.32. The minimum atomic E-state index is -0.742. The molecule has 0 fully saturated rings. The van der Waals surface area contributed by atoms with Gasteiger partial charge in [-0.3, -0.25) is 14.9 Å². The van der Waals surface area contributed by atoms with Gasteiger partial charge in [0.15, 0.2) is 0 Å². The molecule has 2 aromatic carbocycles. The number of rotatable bonds is 4. The lowest BCUT2D eigenvalue weighted by Gasteiger charge is -2.02. The fourth-order valence-corrected chi connectivity index (χ4v) is 2.13. The molecule has 2 aromatic rings. The number of hydrazone groups is 1. The second kappa shape index (κ2) is 6.97. The maximum atomic E-state index is 12.8. The number of nitrogens with zero attached hydrogens (tertiary/aromatic N) is 2. The van der Waals surface area contributed by atoms with Crippen molar-refractivity contribution in [3.05, 3.63) is 67.9 Å². The summed E-state index contributed by atoms with van der Waals surface area (Å²) in [6.45, 7) is 0. The molecule has 0 bridgehead atoms. The van der Waals surface area contributed by atoms with Gasteiger partial charge in [0.05, 0.1) is 11.1 Å². The lowest BCUT2D eigenvalue weighted by atomic mass is 10.2. The molecule has 118 valence electrons. The smallest absolute Gasteiger partial charge is 0.312 e. The normalized spacial score (nSPS) is 10.7. The Morgan fingerprint density at radius 1 is 1.35 bits per heavy atom. The van der Waals surface area contributed by atoms with E-state index in [1.54, 1.807) is 0 Å². The number of nitro benzene ring substituents is 1. The zero-order valence-electron chi connectivity index (χ0n) is 11.4. The summed E-state index contributed by atoms with van der Waals surface area (Å²) >= 11 is 3.08. The summed E-state index contributed by atoms with van der Waals surface area (Å²) in [4.78, 5) is 21.8. The highest BCUT2D eigenvalue weighted by Gasteiger charge is 2.17. The summed E-state index contributed by atoms with van der Waals surface area (Å²) in [6.07, 6.45) is 1.06. The third kappa shape index (κ3) is 4.10. The van der Waals surface area contributed by atoms with E-state index >= 15 is 0 Å². The fourth-order valence-electron chi connectivity index (χ4n) is 1.67. The molecule has 0 aliphatic carbocycles. The van der Waals surface area contributed by atoms with Crippen LogP contribution in [0, 0.1) is 15.9 Å². The van der Waals surface area contributed by atoms with Gasteiger partial charge in [0, 0.05) is 21.7 Å². The van der Waals surface area contributed by atoms with E-state index in [-0.39, 0.29) is 11.1 Å². The lowest BCUT2D eigenvalue weighted by molar-refractivity contribution is -0.385. The van der Waals surface area contributed by atoms with E-state index in [2.05, 4.69) is 26.5 Å².